The number of nitrogens with one attached hydrogen (secondary N) is 1. The average Bonchev–Trinajstić information content (AvgIpc) is 3.12. The van der Waals surface area contributed by atoms with E-state index in [2.05, 4.69) is 10.5 Å². The lowest BCUT2D eigenvalue weighted by molar-refractivity contribution is -0.114. The van der Waals surface area contributed by atoms with Crippen molar-refractivity contribution in [1.29, 1.82) is 0 Å². The molecule has 0 bridgehead atoms. The van der Waals surface area contributed by atoms with Crippen LogP contribution in [-0.4, -0.2) is 30.3 Å². The van der Waals surface area contributed by atoms with Crippen LogP contribution < -0.4 is 5.32 Å². The van der Waals surface area contributed by atoms with E-state index >= 15 is 0 Å². The molecule has 1 amide bonds. The third kappa shape index (κ3) is 3.91. The Bertz CT molecular complexity index is 1160. The summed E-state index contributed by atoms with van der Waals surface area (Å²) in [5, 5.41) is 7.34. The topological polar surface area (TPSA) is 92.5 Å². The second-order valence-electron chi connectivity index (χ2n) is 6.74. The molecular weight excluding hydrogens is 414 g/mol. The van der Waals surface area contributed by atoms with Crippen LogP contribution in [0.15, 0.2) is 57.9 Å². The van der Waals surface area contributed by atoms with Crippen molar-refractivity contribution < 1.29 is 17.7 Å². The molecule has 1 aliphatic rings. The second-order valence-corrected chi connectivity index (χ2v) is 9.11. The molecule has 1 aliphatic heterocycles. The lowest BCUT2D eigenvalue weighted by Crippen LogP contribution is -2.35. The van der Waals surface area contributed by atoms with E-state index < -0.39 is 10.0 Å². The van der Waals surface area contributed by atoms with Gasteiger partial charge in [0.1, 0.15) is 0 Å². The standard InChI is InChI=1S/C20H18ClN3O4S/c1-13(25)22-16-6-8-17(9-7-16)29(26,27)24-11-10-19-18(12-24)20(28-23-19)14-2-4-15(21)5-3-14/h2-9H,10-12H2,1H3,(H,22,25). The van der Waals surface area contributed by atoms with E-state index in [1.807, 2.05) is 12.1 Å². The molecule has 0 unspecified atom stereocenters. The number of hydrogen-bond acceptors (Lipinski definition) is 5. The van der Waals surface area contributed by atoms with E-state index in [9.17, 15) is 13.2 Å². The molecular formula is C20H18ClN3O4S. The third-order valence-corrected chi connectivity index (χ3v) is 6.83. The molecule has 0 saturated heterocycles. The van der Waals surface area contributed by atoms with E-state index in [0.717, 1.165) is 16.8 Å². The van der Waals surface area contributed by atoms with Crippen LogP contribution in [0.4, 0.5) is 5.69 Å². The number of amides is 1. The summed E-state index contributed by atoms with van der Waals surface area (Å²) in [5.74, 6) is 0.337. The zero-order valence-electron chi connectivity index (χ0n) is 15.6. The molecule has 150 valence electrons. The Kier molecular flexibility index (Phi) is 5.16. The van der Waals surface area contributed by atoms with Gasteiger partial charge in [0.15, 0.2) is 5.76 Å². The van der Waals surface area contributed by atoms with Crippen LogP contribution in [0.1, 0.15) is 18.2 Å². The van der Waals surface area contributed by atoms with Gasteiger partial charge < -0.3 is 9.84 Å². The Hall–Kier alpha value is -2.68. The summed E-state index contributed by atoms with van der Waals surface area (Å²) in [7, 11) is -3.70. The number of sulfonamides is 1. The fourth-order valence-electron chi connectivity index (χ4n) is 3.28. The summed E-state index contributed by atoms with van der Waals surface area (Å²) in [4.78, 5) is 11.3. The van der Waals surface area contributed by atoms with Crippen LogP contribution in [0.5, 0.6) is 0 Å². The van der Waals surface area contributed by atoms with Crippen molar-refractivity contribution in [2.24, 2.45) is 0 Å². The molecule has 3 aromatic rings. The maximum atomic E-state index is 13.1. The van der Waals surface area contributed by atoms with Gasteiger partial charge in [0, 0.05) is 48.3 Å². The van der Waals surface area contributed by atoms with E-state index in [4.69, 9.17) is 16.1 Å². The Morgan fingerprint density at radius 1 is 1.14 bits per heavy atom. The van der Waals surface area contributed by atoms with Crippen molar-refractivity contribution in [2.75, 3.05) is 11.9 Å². The van der Waals surface area contributed by atoms with Crippen molar-refractivity contribution in [3.8, 4) is 11.3 Å². The van der Waals surface area contributed by atoms with Crippen molar-refractivity contribution in [3.05, 3.63) is 64.8 Å². The zero-order chi connectivity index (χ0) is 20.6. The first-order valence-electron chi connectivity index (χ1n) is 8.96. The molecule has 7 nitrogen and oxygen atoms in total. The zero-order valence-corrected chi connectivity index (χ0v) is 17.1. The summed E-state index contributed by atoms with van der Waals surface area (Å²) in [6.07, 6.45) is 0.468. The fourth-order valence-corrected chi connectivity index (χ4v) is 4.82. The summed E-state index contributed by atoms with van der Waals surface area (Å²) < 4.78 is 33.2. The molecule has 0 radical (unpaired) electrons. The number of fused-ring (bicyclic) bond motifs is 1. The highest BCUT2D eigenvalue weighted by molar-refractivity contribution is 7.89. The van der Waals surface area contributed by atoms with E-state index in [1.165, 1.54) is 23.4 Å². The highest BCUT2D eigenvalue weighted by Crippen LogP contribution is 2.33. The number of benzene rings is 2. The number of halogens is 1. The largest absolute Gasteiger partial charge is 0.356 e. The van der Waals surface area contributed by atoms with Crippen molar-refractivity contribution in [3.63, 3.8) is 0 Å². The molecule has 0 atom stereocenters. The Morgan fingerprint density at radius 3 is 2.48 bits per heavy atom. The van der Waals surface area contributed by atoms with Crippen molar-refractivity contribution >= 4 is 33.2 Å². The van der Waals surface area contributed by atoms with Crippen LogP contribution in [0.2, 0.25) is 5.02 Å². The number of anilines is 1. The van der Waals surface area contributed by atoms with Gasteiger partial charge in [0.25, 0.3) is 0 Å². The van der Waals surface area contributed by atoms with Crippen molar-refractivity contribution in [2.45, 2.75) is 24.8 Å². The van der Waals surface area contributed by atoms with Gasteiger partial charge in [-0.05, 0) is 48.5 Å². The van der Waals surface area contributed by atoms with Gasteiger partial charge in [-0.2, -0.15) is 4.31 Å². The number of nitrogens with zero attached hydrogens (tertiary/aromatic N) is 2. The summed E-state index contributed by atoms with van der Waals surface area (Å²) in [6.45, 7) is 1.88. The third-order valence-electron chi connectivity index (χ3n) is 4.72. The first-order valence-corrected chi connectivity index (χ1v) is 10.8. The minimum absolute atomic E-state index is 0.166. The first-order chi connectivity index (χ1) is 13.8. The summed E-state index contributed by atoms with van der Waals surface area (Å²) in [6, 6.07) is 13.3. The lowest BCUT2D eigenvalue weighted by atomic mass is 10.0. The first kappa shape index (κ1) is 19.6. The van der Waals surface area contributed by atoms with Crippen LogP contribution in [0, 0.1) is 0 Å². The van der Waals surface area contributed by atoms with Gasteiger partial charge >= 0.3 is 0 Å². The highest BCUT2D eigenvalue weighted by atomic mass is 35.5. The number of rotatable bonds is 4. The predicted octanol–water partition coefficient (Wildman–Crippen LogP) is 3.70. The monoisotopic (exact) mass is 431 g/mol. The lowest BCUT2D eigenvalue weighted by Gasteiger charge is -2.25. The molecule has 0 spiro atoms. The van der Waals surface area contributed by atoms with Crippen molar-refractivity contribution in [1.82, 2.24) is 9.46 Å². The Morgan fingerprint density at radius 2 is 1.83 bits per heavy atom. The van der Waals surface area contributed by atoms with Gasteiger partial charge in [-0.3, -0.25) is 4.79 Å². The molecule has 1 aromatic heterocycles. The van der Waals surface area contributed by atoms with Gasteiger partial charge in [-0.25, -0.2) is 8.42 Å². The van der Waals surface area contributed by atoms with Gasteiger partial charge in [-0.1, -0.05) is 16.8 Å². The summed E-state index contributed by atoms with van der Waals surface area (Å²) in [5.41, 5.74) is 2.86. The normalized spacial score (nSPS) is 14.4. The maximum Gasteiger partial charge on any atom is 0.243 e. The van der Waals surface area contributed by atoms with Gasteiger partial charge in [0.2, 0.25) is 15.9 Å². The van der Waals surface area contributed by atoms with Gasteiger partial charge in [-0.15, -0.1) is 0 Å². The van der Waals surface area contributed by atoms with Crippen LogP contribution in [0.25, 0.3) is 11.3 Å². The number of carbonyl (C=O) groups excluding carboxylic acids is 1. The molecule has 29 heavy (non-hydrogen) atoms. The molecule has 0 saturated carbocycles. The van der Waals surface area contributed by atoms with Crippen LogP contribution in [-0.2, 0) is 27.8 Å². The molecule has 2 aromatic carbocycles. The summed E-state index contributed by atoms with van der Waals surface area (Å²) >= 11 is 5.95. The average molecular weight is 432 g/mol. The SMILES string of the molecule is CC(=O)Nc1ccc(S(=O)(=O)N2CCc3noc(-c4ccc(Cl)cc4)c3C2)cc1. The smallest absolute Gasteiger partial charge is 0.243 e. The Balaban J connectivity index is 1.61. The minimum atomic E-state index is -3.70. The van der Waals surface area contributed by atoms with Gasteiger partial charge in [0.05, 0.1) is 10.6 Å². The van der Waals surface area contributed by atoms with Crippen LogP contribution in [0.3, 0.4) is 0 Å². The minimum Gasteiger partial charge on any atom is -0.356 e. The molecule has 1 N–H and O–H groups in total. The molecule has 2 heterocycles. The predicted molar refractivity (Wildman–Crippen MR) is 109 cm³/mol. The second kappa shape index (κ2) is 7.62. The molecule has 4 rings (SSSR count). The number of hydrogen-bond donors (Lipinski definition) is 1. The van der Waals surface area contributed by atoms with E-state index in [1.54, 1.807) is 24.3 Å². The molecule has 9 heteroatoms. The quantitative estimate of drug-likeness (QED) is 0.679. The van der Waals surface area contributed by atoms with E-state index in [-0.39, 0.29) is 17.3 Å². The van der Waals surface area contributed by atoms with E-state index in [0.29, 0.717) is 29.4 Å². The highest BCUT2D eigenvalue weighted by Gasteiger charge is 2.32. The number of carbonyl (C=O) groups is 1. The number of aromatic nitrogens is 1. The molecule has 0 aliphatic carbocycles. The Labute approximate surface area is 173 Å². The maximum absolute atomic E-state index is 13.1. The fraction of sp³-hybridized carbons (Fsp3) is 0.200. The van der Waals surface area contributed by atoms with Crippen LogP contribution >= 0.6 is 11.6 Å². The molecule has 0 fully saturated rings.